The second-order valence-electron chi connectivity index (χ2n) is 4.40. The van der Waals surface area contributed by atoms with Crippen molar-refractivity contribution in [3.8, 4) is 0 Å². The molecule has 130 valence electrons. The molecule has 0 aliphatic heterocycles. The molecule has 0 saturated heterocycles. The van der Waals surface area contributed by atoms with Gasteiger partial charge in [0.2, 0.25) is 15.8 Å². The number of anilines is 2. The zero-order valence-corrected chi connectivity index (χ0v) is 13.7. The van der Waals surface area contributed by atoms with Gasteiger partial charge in [0.1, 0.15) is 5.82 Å². The summed E-state index contributed by atoms with van der Waals surface area (Å²) in [5, 5.41) is 2.66. The number of hydrogen-bond acceptors (Lipinski definition) is 9. The lowest BCUT2D eigenvalue weighted by Gasteiger charge is -2.07. The van der Waals surface area contributed by atoms with Crippen LogP contribution >= 0.6 is 0 Å². The van der Waals surface area contributed by atoms with E-state index in [4.69, 9.17) is 4.55 Å². The first-order valence-electron chi connectivity index (χ1n) is 6.15. The summed E-state index contributed by atoms with van der Waals surface area (Å²) in [5.74, 6) is -1.15. The van der Waals surface area contributed by atoms with Gasteiger partial charge in [-0.05, 0) is 31.2 Å². The fourth-order valence-electron chi connectivity index (χ4n) is 1.57. The molecule has 0 aliphatic carbocycles. The maximum atomic E-state index is 13.1. The minimum atomic E-state index is -4.87. The normalized spacial score (nSPS) is 12.1. The molecule has 1 aromatic heterocycles. The second-order valence-corrected chi connectivity index (χ2v) is 7.43. The molecule has 0 amide bonds. The molecule has 2 rings (SSSR count). The molecule has 0 atom stereocenters. The van der Waals surface area contributed by atoms with Gasteiger partial charge < -0.3 is 5.32 Å². The van der Waals surface area contributed by atoms with E-state index in [1.54, 1.807) is 0 Å². The van der Waals surface area contributed by atoms with Gasteiger partial charge in [0.25, 0.3) is 0 Å². The number of benzene rings is 1. The van der Waals surface area contributed by atoms with Crippen molar-refractivity contribution in [3.63, 3.8) is 0 Å². The Balaban J connectivity index is 2.15. The van der Waals surface area contributed by atoms with Gasteiger partial charge in [-0.25, -0.2) is 12.6 Å². The lowest BCUT2D eigenvalue weighted by atomic mass is 10.3. The fraction of sp³-hybridized carbons (Fsp3) is 0.182. The van der Waals surface area contributed by atoms with Crippen molar-refractivity contribution in [1.29, 1.82) is 0 Å². The van der Waals surface area contributed by atoms with Crippen LogP contribution in [-0.4, -0.2) is 42.3 Å². The summed E-state index contributed by atoms with van der Waals surface area (Å²) in [6.07, 6.45) is -0.966. The molecule has 2 N–H and O–H groups in total. The van der Waals surface area contributed by atoms with E-state index >= 15 is 0 Å². The lowest BCUT2D eigenvalue weighted by molar-refractivity contribution is 0.306. The summed E-state index contributed by atoms with van der Waals surface area (Å²) < 4.78 is 69.9. The van der Waals surface area contributed by atoms with E-state index in [2.05, 4.69) is 24.5 Å². The number of aromatic nitrogens is 3. The van der Waals surface area contributed by atoms with E-state index < -0.39 is 32.3 Å². The Morgan fingerprint density at radius 3 is 2.29 bits per heavy atom. The Bertz CT molecular complexity index is 927. The van der Waals surface area contributed by atoms with E-state index in [1.165, 1.54) is 19.1 Å². The van der Waals surface area contributed by atoms with Gasteiger partial charge in [0, 0.05) is 5.69 Å². The van der Waals surface area contributed by atoms with Gasteiger partial charge in [-0.2, -0.15) is 27.8 Å². The third-order valence-electron chi connectivity index (χ3n) is 2.54. The minimum absolute atomic E-state index is 0.0645. The van der Waals surface area contributed by atoms with Gasteiger partial charge >= 0.3 is 16.5 Å². The van der Waals surface area contributed by atoms with Gasteiger partial charge in [0.15, 0.2) is 5.94 Å². The fourth-order valence-corrected chi connectivity index (χ4v) is 3.25. The van der Waals surface area contributed by atoms with Crippen molar-refractivity contribution in [2.24, 2.45) is 0 Å². The average molecular weight is 378 g/mol. The maximum Gasteiger partial charge on any atom is 0.398 e. The maximum absolute atomic E-state index is 13.1. The highest BCUT2D eigenvalue weighted by molar-refractivity contribution is 7.92. The minimum Gasteiger partial charge on any atom is -0.324 e. The van der Waals surface area contributed by atoms with E-state index in [0.29, 0.717) is 5.69 Å². The molecular formula is C11H11FN4O6S2. The summed E-state index contributed by atoms with van der Waals surface area (Å²) in [4.78, 5) is 10.4. The van der Waals surface area contributed by atoms with E-state index in [9.17, 15) is 21.2 Å². The summed E-state index contributed by atoms with van der Waals surface area (Å²) in [5.41, 5.74) is 0.356. The van der Waals surface area contributed by atoms with Gasteiger partial charge in [-0.3, -0.25) is 4.55 Å². The molecule has 0 spiro atoms. The quantitative estimate of drug-likeness (QED) is 0.685. The predicted molar refractivity (Wildman–Crippen MR) is 78.9 cm³/mol. The summed E-state index contributed by atoms with van der Waals surface area (Å²) in [6.45, 7) is 1.47. The molecule has 0 radical (unpaired) electrons. The van der Waals surface area contributed by atoms with Crippen LogP contribution in [0, 0.1) is 13.0 Å². The van der Waals surface area contributed by atoms with Crippen LogP contribution in [0.2, 0.25) is 0 Å². The van der Waals surface area contributed by atoms with Gasteiger partial charge in [-0.15, -0.1) is 0 Å². The van der Waals surface area contributed by atoms with Crippen molar-refractivity contribution < 1.29 is 30.0 Å². The number of halogens is 1. The van der Waals surface area contributed by atoms with E-state index in [-0.39, 0.29) is 16.7 Å². The molecule has 0 bridgehead atoms. The van der Waals surface area contributed by atoms with Crippen molar-refractivity contribution in [1.82, 2.24) is 15.0 Å². The number of sulfone groups is 1. The Kier molecular flexibility index (Phi) is 5.08. The highest BCUT2D eigenvalue weighted by Crippen LogP contribution is 2.18. The zero-order chi connectivity index (χ0) is 18.0. The highest BCUT2D eigenvalue weighted by Gasteiger charge is 2.18. The summed E-state index contributed by atoms with van der Waals surface area (Å²) in [6, 6.07) is 4.99. The first-order valence-corrected chi connectivity index (χ1v) is 9.17. The Hall–Kier alpha value is -2.22. The van der Waals surface area contributed by atoms with Crippen LogP contribution < -0.4 is 5.32 Å². The molecule has 0 unspecified atom stereocenters. The molecule has 13 heteroatoms. The molecule has 2 aromatic rings. The molecule has 24 heavy (non-hydrogen) atoms. The Morgan fingerprint density at radius 1 is 1.12 bits per heavy atom. The van der Waals surface area contributed by atoms with E-state index in [0.717, 1.165) is 12.1 Å². The van der Waals surface area contributed by atoms with Gasteiger partial charge in [-0.1, -0.05) is 0 Å². The van der Waals surface area contributed by atoms with Crippen molar-refractivity contribution in [2.75, 3.05) is 11.3 Å². The molecule has 0 aliphatic rings. The third-order valence-corrected chi connectivity index (χ3v) is 4.53. The Morgan fingerprint density at radius 2 is 1.75 bits per heavy atom. The van der Waals surface area contributed by atoms with Crippen LogP contribution in [0.25, 0.3) is 0 Å². The SMILES string of the molecule is Cc1nc(F)nc(Nc2ccc(S(=O)(=O)COS(=O)(=O)O)cc2)n1. The molecular weight excluding hydrogens is 367 g/mol. The largest absolute Gasteiger partial charge is 0.398 e. The number of nitrogens with zero attached hydrogens (tertiary/aromatic N) is 3. The first kappa shape index (κ1) is 18.1. The highest BCUT2D eigenvalue weighted by atomic mass is 32.3. The van der Waals surface area contributed by atoms with Crippen molar-refractivity contribution in [3.05, 3.63) is 36.2 Å². The van der Waals surface area contributed by atoms with Crippen LogP contribution in [0.4, 0.5) is 16.0 Å². The van der Waals surface area contributed by atoms with Crippen LogP contribution in [0.5, 0.6) is 0 Å². The predicted octanol–water partition coefficient (Wildman–Crippen LogP) is 0.613. The second kappa shape index (κ2) is 6.72. The number of nitrogens with one attached hydrogen (secondary N) is 1. The number of hydrogen-bond donors (Lipinski definition) is 2. The zero-order valence-electron chi connectivity index (χ0n) is 12.0. The molecule has 1 heterocycles. The van der Waals surface area contributed by atoms with Crippen LogP contribution in [0.3, 0.4) is 0 Å². The van der Waals surface area contributed by atoms with Crippen molar-refractivity contribution in [2.45, 2.75) is 11.8 Å². The molecule has 0 fully saturated rings. The lowest BCUT2D eigenvalue weighted by Crippen LogP contribution is -2.14. The number of rotatable bonds is 6. The van der Waals surface area contributed by atoms with Crippen LogP contribution in [-0.2, 0) is 24.4 Å². The smallest absolute Gasteiger partial charge is 0.324 e. The van der Waals surface area contributed by atoms with Gasteiger partial charge in [0.05, 0.1) is 4.90 Å². The molecule has 0 saturated carbocycles. The standard InChI is InChI=1S/C11H11FN4O6S2/c1-7-13-10(12)16-11(14-7)15-8-2-4-9(5-3-8)23(17,18)6-22-24(19,20)21/h2-5H,6H2,1H3,(H,19,20,21)(H,13,14,15,16). The first-order chi connectivity index (χ1) is 11.0. The third kappa shape index (κ3) is 5.16. The van der Waals surface area contributed by atoms with Crippen LogP contribution in [0.1, 0.15) is 5.82 Å². The average Bonchev–Trinajstić information content (AvgIpc) is 2.44. The van der Waals surface area contributed by atoms with Crippen LogP contribution in [0.15, 0.2) is 29.2 Å². The monoisotopic (exact) mass is 378 g/mol. The van der Waals surface area contributed by atoms with Crippen molar-refractivity contribution >= 4 is 31.9 Å². The van der Waals surface area contributed by atoms with E-state index in [1.807, 2.05) is 0 Å². The Labute approximate surface area is 136 Å². The number of aryl methyl sites for hydroxylation is 1. The topological polar surface area (TPSA) is 148 Å². The summed E-state index contributed by atoms with van der Waals surface area (Å²) in [7, 11) is -8.96. The molecule has 10 nitrogen and oxygen atoms in total. The summed E-state index contributed by atoms with van der Waals surface area (Å²) >= 11 is 0. The molecule has 1 aromatic carbocycles.